The van der Waals surface area contributed by atoms with Gasteiger partial charge in [-0.15, -0.1) is 14.8 Å². The lowest BCUT2D eigenvalue weighted by Gasteiger charge is -2.10. The summed E-state index contributed by atoms with van der Waals surface area (Å²) in [6.07, 6.45) is 0. The van der Waals surface area contributed by atoms with Crippen LogP contribution in [-0.2, 0) is 0 Å². The Morgan fingerprint density at radius 3 is 2.62 bits per heavy atom. The smallest absolute Gasteiger partial charge is 0.337 e. The molecule has 1 amide bonds. The van der Waals surface area contributed by atoms with Gasteiger partial charge < -0.3 is 16.2 Å². The van der Waals surface area contributed by atoms with Crippen molar-refractivity contribution in [1.29, 1.82) is 0 Å². The molecule has 0 unspecified atom stereocenters. The first-order chi connectivity index (χ1) is 11.4. The molecule has 0 aliphatic heterocycles. The number of nitrogens with one attached hydrogen (secondary N) is 1. The minimum Gasteiger partial charge on any atom is -0.478 e. The Bertz CT molecular complexity index is 988. The van der Waals surface area contributed by atoms with Gasteiger partial charge in [0, 0.05) is 6.07 Å². The highest BCUT2D eigenvalue weighted by atomic mass is 35.5. The molecule has 0 aliphatic carbocycles. The van der Waals surface area contributed by atoms with E-state index in [-0.39, 0.29) is 38.3 Å². The standard InChI is InChI=1S/C12H7Cl2N7O3/c13-5-1-4(12(23)24)8(2-6(5)14)16-11(22)10-7(15)3-9-17-19-20-21(9)18-10/h1-3H,15H2,(H,16,22)(H,23,24). The number of carbonyl (C=O) groups is 2. The second-order valence-electron chi connectivity index (χ2n) is 4.55. The molecular formula is C12H7Cl2N7O3. The molecule has 122 valence electrons. The van der Waals surface area contributed by atoms with Crippen LogP contribution >= 0.6 is 23.2 Å². The highest BCUT2D eigenvalue weighted by Crippen LogP contribution is 2.29. The van der Waals surface area contributed by atoms with Crippen LogP contribution in [0.4, 0.5) is 11.4 Å². The lowest BCUT2D eigenvalue weighted by Crippen LogP contribution is -2.19. The average molecular weight is 368 g/mol. The van der Waals surface area contributed by atoms with E-state index in [1.54, 1.807) is 0 Å². The van der Waals surface area contributed by atoms with E-state index in [1.165, 1.54) is 12.1 Å². The van der Waals surface area contributed by atoms with E-state index in [0.717, 1.165) is 10.7 Å². The molecule has 0 bridgehead atoms. The largest absolute Gasteiger partial charge is 0.478 e. The van der Waals surface area contributed by atoms with Gasteiger partial charge in [0.1, 0.15) is 0 Å². The van der Waals surface area contributed by atoms with Crippen molar-refractivity contribution in [3.8, 4) is 0 Å². The number of benzene rings is 1. The van der Waals surface area contributed by atoms with E-state index < -0.39 is 11.9 Å². The maximum Gasteiger partial charge on any atom is 0.337 e. The first kappa shape index (κ1) is 15.9. The van der Waals surface area contributed by atoms with Gasteiger partial charge in [0.2, 0.25) is 5.65 Å². The van der Waals surface area contributed by atoms with Crippen molar-refractivity contribution in [2.75, 3.05) is 11.1 Å². The SMILES string of the molecule is Nc1cc2nnnn2nc1C(=O)Nc1cc(Cl)c(Cl)cc1C(=O)O. The molecule has 24 heavy (non-hydrogen) atoms. The van der Waals surface area contributed by atoms with Gasteiger partial charge in [-0.3, -0.25) is 4.79 Å². The predicted octanol–water partition coefficient (Wildman–Crippen LogP) is 1.36. The number of carboxylic acid groups (broad SMARTS) is 1. The molecule has 0 atom stereocenters. The van der Waals surface area contributed by atoms with E-state index in [2.05, 4.69) is 25.9 Å². The summed E-state index contributed by atoms with van der Waals surface area (Å²) in [5.41, 5.74) is 5.56. The number of halogens is 2. The molecule has 0 spiro atoms. The highest BCUT2D eigenvalue weighted by Gasteiger charge is 2.19. The van der Waals surface area contributed by atoms with Crippen LogP contribution in [0, 0.1) is 0 Å². The van der Waals surface area contributed by atoms with Crippen LogP contribution < -0.4 is 11.1 Å². The summed E-state index contributed by atoms with van der Waals surface area (Å²) in [6, 6.07) is 3.70. The van der Waals surface area contributed by atoms with Gasteiger partial charge in [-0.25, -0.2) is 4.79 Å². The van der Waals surface area contributed by atoms with Gasteiger partial charge in [0.05, 0.1) is 27.0 Å². The van der Waals surface area contributed by atoms with E-state index in [1.807, 2.05) is 0 Å². The fourth-order valence-electron chi connectivity index (χ4n) is 1.89. The van der Waals surface area contributed by atoms with Gasteiger partial charge in [-0.1, -0.05) is 23.2 Å². The number of tetrazole rings is 1. The molecule has 2 heterocycles. The summed E-state index contributed by atoms with van der Waals surface area (Å²) < 4.78 is 1.01. The van der Waals surface area contributed by atoms with Crippen molar-refractivity contribution in [3.05, 3.63) is 39.5 Å². The number of carboxylic acids is 1. The Kier molecular flexibility index (Phi) is 3.91. The third-order valence-corrected chi connectivity index (χ3v) is 3.71. The quantitative estimate of drug-likeness (QED) is 0.627. The molecule has 4 N–H and O–H groups in total. The van der Waals surface area contributed by atoms with Crippen molar-refractivity contribution in [2.24, 2.45) is 0 Å². The number of hydrogen-bond donors (Lipinski definition) is 3. The van der Waals surface area contributed by atoms with Crippen molar-refractivity contribution in [3.63, 3.8) is 0 Å². The second-order valence-corrected chi connectivity index (χ2v) is 5.36. The summed E-state index contributed by atoms with van der Waals surface area (Å²) in [4.78, 5) is 23.7. The third kappa shape index (κ3) is 2.79. The van der Waals surface area contributed by atoms with E-state index in [4.69, 9.17) is 28.9 Å². The molecule has 0 saturated carbocycles. The predicted molar refractivity (Wildman–Crippen MR) is 84.4 cm³/mol. The fraction of sp³-hybridized carbons (Fsp3) is 0. The van der Waals surface area contributed by atoms with Crippen LogP contribution in [0.25, 0.3) is 5.65 Å². The zero-order valence-corrected chi connectivity index (χ0v) is 13.1. The van der Waals surface area contributed by atoms with Crippen molar-refractivity contribution in [2.45, 2.75) is 0 Å². The van der Waals surface area contributed by atoms with Gasteiger partial charge in [-0.2, -0.15) is 0 Å². The number of aromatic nitrogens is 5. The zero-order valence-electron chi connectivity index (χ0n) is 11.6. The number of nitrogens with zero attached hydrogens (tertiary/aromatic N) is 5. The van der Waals surface area contributed by atoms with Crippen LogP contribution in [0.3, 0.4) is 0 Å². The summed E-state index contributed by atoms with van der Waals surface area (Å²) in [6.45, 7) is 0. The lowest BCUT2D eigenvalue weighted by molar-refractivity contribution is 0.0698. The highest BCUT2D eigenvalue weighted by molar-refractivity contribution is 6.42. The van der Waals surface area contributed by atoms with Crippen LogP contribution in [0.1, 0.15) is 20.8 Å². The molecule has 12 heteroatoms. The minimum atomic E-state index is -1.29. The Hall–Kier alpha value is -2.98. The Morgan fingerprint density at radius 2 is 1.92 bits per heavy atom. The van der Waals surface area contributed by atoms with Crippen molar-refractivity contribution < 1.29 is 14.7 Å². The topological polar surface area (TPSA) is 148 Å². The number of rotatable bonds is 3. The molecule has 0 aliphatic rings. The Morgan fingerprint density at radius 1 is 1.21 bits per heavy atom. The van der Waals surface area contributed by atoms with Gasteiger partial charge >= 0.3 is 5.97 Å². The summed E-state index contributed by atoms with van der Waals surface area (Å²) >= 11 is 11.7. The van der Waals surface area contributed by atoms with Crippen LogP contribution in [0.15, 0.2) is 18.2 Å². The molecule has 1 aromatic carbocycles. The molecule has 0 fully saturated rings. The fourth-order valence-corrected chi connectivity index (χ4v) is 2.22. The number of hydrogen-bond acceptors (Lipinski definition) is 7. The molecule has 3 aromatic rings. The molecule has 0 saturated heterocycles. The average Bonchev–Trinajstić information content (AvgIpc) is 2.96. The van der Waals surface area contributed by atoms with Crippen LogP contribution in [0.5, 0.6) is 0 Å². The maximum atomic E-state index is 12.4. The number of fused-ring (bicyclic) bond motifs is 1. The molecule has 2 aromatic heterocycles. The van der Waals surface area contributed by atoms with Gasteiger partial charge in [0.25, 0.3) is 5.91 Å². The summed E-state index contributed by atoms with van der Waals surface area (Å²) in [5, 5.41) is 26.2. The van der Waals surface area contributed by atoms with E-state index in [0.29, 0.717) is 0 Å². The second kappa shape index (κ2) is 5.91. The lowest BCUT2D eigenvalue weighted by atomic mass is 10.1. The van der Waals surface area contributed by atoms with Crippen LogP contribution in [-0.4, -0.2) is 42.2 Å². The summed E-state index contributed by atoms with van der Waals surface area (Å²) in [5.74, 6) is -2.05. The molecule has 3 rings (SSSR count). The maximum absolute atomic E-state index is 12.4. The van der Waals surface area contributed by atoms with E-state index >= 15 is 0 Å². The molecule has 10 nitrogen and oxygen atoms in total. The van der Waals surface area contributed by atoms with Gasteiger partial charge in [-0.05, 0) is 22.6 Å². The Labute approximate surface area is 143 Å². The van der Waals surface area contributed by atoms with Crippen molar-refractivity contribution in [1.82, 2.24) is 25.3 Å². The number of nitrogens with two attached hydrogens (primary N) is 1. The number of anilines is 2. The van der Waals surface area contributed by atoms with Crippen molar-refractivity contribution >= 4 is 52.1 Å². The number of carbonyl (C=O) groups excluding carboxylic acids is 1. The van der Waals surface area contributed by atoms with Crippen LogP contribution in [0.2, 0.25) is 10.0 Å². The normalized spacial score (nSPS) is 10.8. The third-order valence-electron chi connectivity index (χ3n) is 2.98. The number of nitrogen functional groups attached to an aromatic ring is 1. The zero-order chi connectivity index (χ0) is 17.4. The number of aromatic carboxylic acids is 1. The number of amides is 1. The van der Waals surface area contributed by atoms with Gasteiger partial charge in [0.15, 0.2) is 5.69 Å². The molecular weight excluding hydrogens is 361 g/mol. The Balaban J connectivity index is 2.01. The van der Waals surface area contributed by atoms with E-state index in [9.17, 15) is 14.7 Å². The first-order valence-electron chi connectivity index (χ1n) is 6.25. The summed E-state index contributed by atoms with van der Waals surface area (Å²) in [7, 11) is 0. The monoisotopic (exact) mass is 367 g/mol. The minimum absolute atomic E-state index is 0.0201. The first-order valence-corrected chi connectivity index (χ1v) is 7.01. The molecule has 0 radical (unpaired) electrons.